The molecule has 3 aromatic rings. The molecule has 3 aromatic carbocycles. The summed E-state index contributed by atoms with van der Waals surface area (Å²) in [7, 11) is 0. The van der Waals surface area contributed by atoms with E-state index in [2.05, 4.69) is 97.9 Å². The quantitative estimate of drug-likeness (QED) is 0.636. The van der Waals surface area contributed by atoms with Crippen LogP contribution < -0.4 is 0 Å². The summed E-state index contributed by atoms with van der Waals surface area (Å²) < 4.78 is 6.45. The fraction of sp³-hybridized carbons (Fsp3) is 0.217. The van der Waals surface area contributed by atoms with E-state index in [1.165, 1.54) is 16.7 Å². The van der Waals surface area contributed by atoms with Crippen molar-refractivity contribution in [1.29, 1.82) is 0 Å². The Kier molecular flexibility index (Phi) is 3.74. The molecule has 24 heavy (non-hydrogen) atoms. The van der Waals surface area contributed by atoms with E-state index in [9.17, 15) is 0 Å². The third kappa shape index (κ3) is 2.46. The highest BCUT2D eigenvalue weighted by Crippen LogP contribution is 2.50. The highest BCUT2D eigenvalue weighted by atomic mass is 16.5. The lowest BCUT2D eigenvalue weighted by Crippen LogP contribution is -2.30. The topological polar surface area (TPSA) is 9.23 Å². The van der Waals surface area contributed by atoms with Gasteiger partial charge >= 0.3 is 0 Å². The van der Waals surface area contributed by atoms with Crippen LogP contribution in [0.25, 0.3) is 0 Å². The molecule has 0 radical (unpaired) electrons. The van der Waals surface area contributed by atoms with Gasteiger partial charge in [0.1, 0.15) is 0 Å². The van der Waals surface area contributed by atoms with Crippen LogP contribution in [0.3, 0.4) is 0 Å². The molecule has 0 saturated carbocycles. The lowest BCUT2D eigenvalue weighted by atomic mass is 9.70. The van der Waals surface area contributed by atoms with E-state index < -0.39 is 0 Å². The third-order valence-electron chi connectivity index (χ3n) is 5.31. The Hall–Kier alpha value is -2.38. The maximum Gasteiger partial charge on any atom is 0.0916 e. The average molecular weight is 314 g/mol. The SMILES string of the molecule is C[C@@]1(c2ccccc2)CC(c2ccccc2)(c2ccccc2)CO1. The number of rotatable bonds is 3. The summed E-state index contributed by atoms with van der Waals surface area (Å²) in [6.45, 7) is 2.92. The average Bonchev–Trinajstić information content (AvgIpc) is 3.04. The molecule has 0 N–H and O–H groups in total. The second-order valence-electron chi connectivity index (χ2n) is 6.88. The molecular formula is C23H22O. The molecule has 0 bridgehead atoms. The van der Waals surface area contributed by atoms with Gasteiger partial charge in [0, 0.05) is 5.41 Å². The molecule has 1 nitrogen and oxygen atoms in total. The first-order valence-corrected chi connectivity index (χ1v) is 8.54. The lowest BCUT2D eigenvalue weighted by Gasteiger charge is -2.31. The Bertz CT molecular complexity index is 756. The van der Waals surface area contributed by atoms with Gasteiger partial charge in [-0.05, 0) is 30.0 Å². The second-order valence-corrected chi connectivity index (χ2v) is 6.88. The van der Waals surface area contributed by atoms with Crippen molar-refractivity contribution in [3.05, 3.63) is 108 Å². The zero-order valence-electron chi connectivity index (χ0n) is 14.0. The summed E-state index contributed by atoms with van der Waals surface area (Å²) >= 11 is 0. The zero-order chi connectivity index (χ0) is 16.5. The Morgan fingerprint density at radius 3 is 1.50 bits per heavy atom. The fourth-order valence-electron chi connectivity index (χ4n) is 3.99. The van der Waals surface area contributed by atoms with Gasteiger partial charge in [0.05, 0.1) is 12.2 Å². The van der Waals surface area contributed by atoms with Crippen LogP contribution in [-0.2, 0) is 15.8 Å². The number of ether oxygens (including phenoxy) is 1. The molecule has 1 heterocycles. The van der Waals surface area contributed by atoms with Crippen LogP contribution >= 0.6 is 0 Å². The van der Waals surface area contributed by atoms with Gasteiger partial charge in [0.25, 0.3) is 0 Å². The van der Waals surface area contributed by atoms with Crippen LogP contribution in [0.5, 0.6) is 0 Å². The Labute approximate surface area is 143 Å². The van der Waals surface area contributed by atoms with E-state index in [1.54, 1.807) is 0 Å². The minimum atomic E-state index is -0.271. The summed E-state index contributed by atoms with van der Waals surface area (Å²) in [5.74, 6) is 0. The van der Waals surface area contributed by atoms with Crippen molar-refractivity contribution in [1.82, 2.24) is 0 Å². The van der Waals surface area contributed by atoms with Gasteiger partial charge in [-0.25, -0.2) is 0 Å². The monoisotopic (exact) mass is 314 g/mol. The molecule has 1 atom stereocenters. The number of benzene rings is 3. The summed E-state index contributed by atoms with van der Waals surface area (Å²) in [5, 5.41) is 0. The second kappa shape index (κ2) is 5.92. The first-order valence-electron chi connectivity index (χ1n) is 8.54. The van der Waals surface area contributed by atoms with Crippen molar-refractivity contribution in [2.45, 2.75) is 24.4 Å². The fourth-order valence-corrected chi connectivity index (χ4v) is 3.99. The number of hydrogen-bond acceptors (Lipinski definition) is 1. The van der Waals surface area contributed by atoms with Crippen LogP contribution in [0.2, 0.25) is 0 Å². The van der Waals surface area contributed by atoms with Gasteiger partial charge in [-0.15, -0.1) is 0 Å². The normalized spacial score (nSPS) is 22.4. The van der Waals surface area contributed by atoms with Crippen molar-refractivity contribution in [2.75, 3.05) is 6.61 Å². The van der Waals surface area contributed by atoms with Gasteiger partial charge in [-0.3, -0.25) is 0 Å². The first-order chi connectivity index (χ1) is 11.7. The van der Waals surface area contributed by atoms with Gasteiger partial charge in [0.15, 0.2) is 0 Å². The molecule has 1 aliphatic heterocycles. The van der Waals surface area contributed by atoms with Gasteiger partial charge in [0.2, 0.25) is 0 Å². The van der Waals surface area contributed by atoms with Crippen molar-refractivity contribution in [2.24, 2.45) is 0 Å². The van der Waals surface area contributed by atoms with Crippen molar-refractivity contribution in [3.8, 4) is 0 Å². The van der Waals surface area contributed by atoms with E-state index in [-0.39, 0.29) is 11.0 Å². The van der Waals surface area contributed by atoms with Crippen molar-refractivity contribution in [3.63, 3.8) is 0 Å². The van der Waals surface area contributed by atoms with Gasteiger partial charge in [-0.1, -0.05) is 91.0 Å². The first kappa shape index (κ1) is 15.2. The van der Waals surface area contributed by atoms with E-state index >= 15 is 0 Å². The molecule has 0 unspecified atom stereocenters. The Morgan fingerprint density at radius 2 is 1.04 bits per heavy atom. The standard InChI is InChI=1S/C23H22O/c1-22(19-11-5-2-6-12-19)17-23(18-24-22,20-13-7-3-8-14-20)21-15-9-4-10-16-21/h2-16H,17-18H2,1H3/t22-/m0/s1. The van der Waals surface area contributed by atoms with Crippen LogP contribution in [-0.4, -0.2) is 6.61 Å². The smallest absolute Gasteiger partial charge is 0.0916 e. The summed E-state index contributed by atoms with van der Waals surface area (Å²) in [6, 6.07) is 32.2. The van der Waals surface area contributed by atoms with E-state index in [0.717, 1.165) is 6.42 Å². The molecule has 0 aromatic heterocycles. The molecule has 1 heteroatoms. The third-order valence-corrected chi connectivity index (χ3v) is 5.31. The molecule has 1 fully saturated rings. The molecule has 1 aliphatic rings. The van der Waals surface area contributed by atoms with Crippen LogP contribution in [0.4, 0.5) is 0 Å². The molecule has 0 spiro atoms. The van der Waals surface area contributed by atoms with E-state index in [0.29, 0.717) is 6.61 Å². The predicted octanol–water partition coefficient (Wildman–Crippen LogP) is 5.31. The molecule has 1 saturated heterocycles. The van der Waals surface area contributed by atoms with Crippen LogP contribution in [0.1, 0.15) is 30.0 Å². The molecule has 0 aliphatic carbocycles. The maximum atomic E-state index is 6.45. The molecule has 0 amide bonds. The van der Waals surface area contributed by atoms with Crippen LogP contribution in [0.15, 0.2) is 91.0 Å². The molecular weight excluding hydrogens is 292 g/mol. The summed E-state index contributed by atoms with van der Waals surface area (Å²) in [6.07, 6.45) is 0.942. The van der Waals surface area contributed by atoms with Gasteiger partial charge in [-0.2, -0.15) is 0 Å². The van der Waals surface area contributed by atoms with Crippen LogP contribution in [0, 0.1) is 0 Å². The van der Waals surface area contributed by atoms with Gasteiger partial charge < -0.3 is 4.74 Å². The molecule has 120 valence electrons. The Morgan fingerprint density at radius 1 is 0.625 bits per heavy atom. The largest absolute Gasteiger partial charge is 0.369 e. The maximum absolute atomic E-state index is 6.45. The Balaban J connectivity index is 1.82. The molecule has 4 rings (SSSR count). The van der Waals surface area contributed by atoms with E-state index in [1.807, 2.05) is 0 Å². The predicted molar refractivity (Wildman–Crippen MR) is 98.0 cm³/mol. The van der Waals surface area contributed by atoms with Crippen molar-refractivity contribution < 1.29 is 4.74 Å². The zero-order valence-corrected chi connectivity index (χ0v) is 14.0. The van der Waals surface area contributed by atoms with Crippen molar-refractivity contribution >= 4 is 0 Å². The van der Waals surface area contributed by atoms with E-state index in [4.69, 9.17) is 4.74 Å². The summed E-state index contributed by atoms with van der Waals surface area (Å²) in [4.78, 5) is 0. The lowest BCUT2D eigenvalue weighted by molar-refractivity contribution is 0.0154. The minimum absolute atomic E-state index is 0.104. The number of hydrogen-bond donors (Lipinski definition) is 0. The minimum Gasteiger partial charge on any atom is -0.369 e. The summed E-state index contributed by atoms with van der Waals surface area (Å²) in [5.41, 5.74) is 3.53. The highest BCUT2D eigenvalue weighted by molar-refractivity contribution is 5.43. The highest BCUT2D eigenvalue weighted by Gasteiger charge is 2.49.